The SMILES string of the molecule is CC(C)C(CNCc1nc(-c2cc3c(Nc4ccc(OCc5cccc(F)c5)c(Br)c4)ncnc3cc2F)cs1)=S(=O)=O. The molecule has 0 saturated heterocycles. The Morgan fingerprint density at radius 3 is 2.67 bits per heavy atom. The van der Waals surface area contributed by atoms with E-state index in [9.17, 15) is 12.8 Å². The number of fused-ring (bicyclic) bond motifs is 1. The van der Waals surface area contributed by atoms with Crippen molar-refractivity contribution < 1.29 is 21.9 Å². The van der Waals surface area contributed by atoms with Gasteiger partial charge < -0.3 is 15.4 Å². The third kappa shape index (κ3) is 7.60. The quantitative estimate of drug-likeness (QED) is 0.145. The van der Waals surface area contributed by atoms with Gasteiger partial charge in [0.05, 0.1) is 20.5 Å². The van der Waals surface area contributed by atoms with Crippen molar-refractivity contribution in [1.82, 2.24) is 20.3 Å². The summed E-state index contributed by atoms with van der Waals surface area (Å²) in [6.45, 7) is 4.42. The average Bonchev–Trinajstić information content (AvgIpc) is 3.43. The van der Waals surface area contributed by atoms with Crippen LogP contribution in [0.2, 0.25) is 0 Å². The highest BCUT2D eigenvalue weighted by Gasteiger charge is 2.15. The number of aromatic nitrogens is 3. The van der Waals surface area contributed by atoms with E-state index in [1.54, 1.807) is 29.6 Å². The van der Waals surface area contributed by atoms with Crippen molar-refractivity contribution in [3.8, 4) is 17.0 Å². The van der Waals surface area contributed by atoms with Crippen molar-refractivity contribution in [1.29, 1.82) is 0 Å². The average molecular weight is 687 g/mol. The molecule has 2 N–H and O–H groups in total. The second-order valence-corrected chi connectivity index (χ2v) is 12.6. The summed E-state index contributed by atoms with van der Waals surface area (Å²) >= 11 is 4.88. The van der Waals surface area contributed by atoms with E-state index < -0.39 is 16.1 Å². The number of thiazole rings is 1. The first kappa shape index (κ1) is 30.7. The van der Waals surface area contributed by atoms with E-state index in [2.05, 4.69) is 41.5 Å². The molecule has 43 heavy (non-hydrogen) atoms. The zero-order valence-corrected chi connectivity index (χ0v) is 26.3. The van der Waals surface area contributed by atoms with Gasteiger partial charge in [-0.2, -0.15) is 8.42 Å². The summed E-state index contributed by atoms with van der Waals surface area (Å²) in [5.74, 6) is 0.166. The van der Waals surface area contributed by atoms with Crippen LogP contribution in [0.3, 0.4) is 0 Å². The highest BCUT2D eigenvalue weighted by Crippen LogP contribution is 2.34. The van der Waals surface area contributed by atoms with Gasteiger partial charge in [-0.05, 0) is 63.8 Å². The molecular formula is C30H26BrF2N5O3S2. The first-order valence-electron chi connectivity index (χ1n) is 13.2. The third-order valence-electron chi connectivity index (χ3n) is 6.46. The van der Waals surface area contributed by atoms with Crippen molar-refractivity contribution in [3.63, 3.8) is 0 Å². The number of rotatable bonds is 11. The Labute approximate surface area is 260 Å². The standard InChI is InChI=1S/C30H26BrF2N5O3S2/c1-17(2)28(43(39)40)12-34-13-29-38-26(15-42-29)21-10-22-25(11-24(21)33)35-16-36-30(22)37-20-6-7-27(23(31)9-20)41-14-18-4-3-5-19(32)8-18/h3-11,15-17,34H,12-14H2,1-2H3,(H,35,36,37). The number of anilines is 2. The minimum Gasteiger partial charge on any atom is -0.488 e. The van der Waals surface area contributed by atoms with Crippen LogP contribution in [-0.2, 0) is 23.4 Å². The normalized spacial score (nSPS) is 11.2. The highest BCUT2D eigenvalue weighted by atomic mass is 79.9. The van der Waals surface area contributed by atoms with Crippen LogP contribution in [0.4, 0.5) is 20.3 Å². The predicted molar refractivity (Wildman–Crippen MR) is 169 cm³/mol. The summed E-state index contributed by atoms with van der Waals surface area (Å²) in [4.78, 5) is 13.6. The molecule has 5 aromatic rings. The van der Waals surface area contributed by atoms with Crippen LogP contribution in [0.5, 0.6) is 5.75 Å². The van der Waals surface area contributed by atoms with Gasteiger partial charge in [-0.1, -0.05) is 26.0 Å². The van der Waals surface area contributed by atoms with Gasteiger partial charge >= 0.3 is 0 Å². The fourth-order valence-electron chi connectivity index (χ4n) is 4.26. The van der Waals surface area contributed by atoms with Crippen molar-refractivity contribution in [2.45, 2.75) is 27.0 Å². The second-order valence-electron chi connectivity index (χ2n) is 9.85. The molecule has 2 aromatic heterocycles. The molecule has 222 valence electrons. The van der Waals surface area contributed by atoms with Crippen LogP contribution >= 0.6 is 27.3 Å². The zero-order chi connectivity index (χ0) is 30.5. The Bertz CT molecular complexity index is 1920. The smallest absolute Gasteiger partial charge is 0.214 e. The molecule has 0 amide bonds. The Hall–Kier alpha value is -3.78. The number of nitrogens with zero attached hydrogens (tertiary/aromatic N) is 3. The number of ether oxygens (including phenoxy) is 1. The van der Waals surface area contributed by atoms with Crippen LogP contribution in [0.15, 0.2) is 70.8 Å². The molecule has 0 aliphatic rings. The maximum atomic E-state index is 15.2. The lowest BCUT2D eigenvalue weighted by molar-refractivity contribution is 0.303. The summed E-state index contributed by atoms with van der Waals surface area (Å²) in [7, 11) is -2.26. The monoisotopic (exact) mass is 685 g/mol. The van der Waals surface area contributed by atoms with E-state index >= 15 is 4.39 Å². The van der Waals surface area contributed by atoms with Crippen molar-refractivity contribution in [2.75, 3.05) is 11.9 Å². The van der Waals surface area contributed by atoms with E-state index in [0.29, 0.717) is 65.9 Å². The molecule has 0 spiro atoms. The Balaban J connectivity index is 1.33. The molecule has 0 saturated carbocycles. The molecule has 0 radical (unpaired) electrons. The van der Waals surface area contributed by atoms with E-state index in [0.717, 1.165) is 0 Å². The predicted octanol–water partition coefficient (Wildman–Crippen LogP) is 6.91. The fraction of sp³-hybridized carbons (Fsp3) is 0.200. The lowest BCUT2D eigenvalue weighted by Gasteiger charge is -2.13. The van der Waals surface area contributed by atoms with Crippen molar-refractivity contribution in [2.24, 2.45) is 5.92 Å². The largest absolute Gasteiger partial charge is 0.488 e. The number of benzene rings is 3. The molecule has 0 fully saturated rings. The first-order chi connectivity index (χ1) is 20.7. The van der Waals surface area contributed by atoms with Gasteiger partial charge in [0.1, 0.15) is 41.1 Å². The summed E-state index contributed by atoms with van der Waals surface area (Å²) in [5, 5.41) is 9.43. The van der Waals surface area contributed by atoms with Gasteiger partial charge in [-0.3, -0.25) is 0 Å². The molecule has 0 bridgehead atoms. The molecule has 5 rings (SSSR count). The van der Waals surface area contributed by atoms with E-state index in [-0.39, 0.29) is 24.9 Å². The minimum atomic E-state index is -2.26. The molecule has 8 nitrogen and oxygen atoms in total. The Kier molecular flexibility index (Phi) is 9.76. The number of hydrogen-bond acceptors (Lipinski definition) is 9. The molecule has 3 aromatic carbocycles. The minimum absolute atomic E-state index is 0.103. The number of halogens is 3. The summed E-state index contributed by atoms with van der Waals surface area (Å²) < 4.78 is 58.0. The van der Waals surface area contributed by atoms with Crippen LogP contribution in [0, 0.1) is 17.6 Å². The van der Waals surface area contributed by atoms with Gasteiger partial charge in [0.15, 0.2) is 0 Å². The maximum absolute atomic E-state index is 15.2. The van der Waals surface area contributed by atoms with E-state index in [1.165, 1.54) is 35.9 Å². The highest BCUT2D eigenvalue weighted by molar-refractivity contribution is 9.10. The molecule has 2 heterocycles. The number of hydrogen-bond donors (Lipinski definition) is 2. The summed E-state index contributed by atoms with van der Waals surface area (Å²) in [5.41, 5.74) is 2.59. The molecular weight excluding hydrogens is 660 g/mol. The van der Waals surface area contributed by atoms with Crippen LogP contribution < -0.4 is 15.4 Å². The molecule has 0 atom stereocenters. The molecule has 0 aliphatic carbocycles. The van der Waals surface area contributed by atoms with Gasteiger partial charge in [0.25, 0.3) is 0 Å². The summed E-state index contributed by atoms with van der Waals surface area (Å²) in [6, 6.07) is 14.7. The van der Waals surface area contributed by atoms with Crippen molar-refractivity contribution in [3.05, 3.63) is 93.0 Å². The van der Waals surface area contributed by atoms with E-state index in [1.807, 2.05) is 26.0 Å². The Morgan fingerprint density at radius 2 is 1.93 bits per heavy atom. The van der Waals surface area contributed by atoms with Gasteiger partial charge in [-0.25, -0.2) is 23.7 Å². The molecule has 0 unspecified atom stereocenters. The molecule has 0 aliphatic heterocycles. The van der Waals surface area contributed by atoms with Crippen LogP contribution in [-0.4, -0.2) is 34.8 Å². The number of nitrogens with one attached hydrogen (secondary N) is 2. The van der Waals surface area contributed by atoms with Crippen LogP contribution in [0.25, 0.3) is 22.2 Å². The lowest BCUT2D eigenvalue weighted by atomic mass is 10.1. The van der Waals surface area contributed by atoms with E-state index in [4.69, 9.17) is 4.74 Å². The van der Waals surface area contributed by atoms with Crippen LogP contribution in [0.1, 0.15) is 24.4 Å². The van der Waals surface area contributed by atoms with Crippen molar-refractivity contribution >= 4 is 64.8 Å². The first-order valence-corrected chi connectivity index (χ1v) is 15.9. The molecule has 13 heteroatoms. The second kappa shape index (κ2) is 13.7. The van der Waals surface area contributed by atoms with Gasteiger partial charge in [0, 0.05) is 41.2 Å². The maximum Gasteiger partial charge on any atom is 0.214 e. The Morgan fingerprint density at radius 1 is 1.09 bits per heavy atom. The van der Waals surface area contributed by atoms with Gasteiger partial charge in [-0.15, -0.1) is 11.3 Å². The third-order valence-corrected chi connectivity index (χ3v) is 8.98. The lowest BCUT2D eigenvalue weighted by Crippen LogP contribution is -2.26. The fourth-order valence-corrected chi connectivity index (χ4v) is 6.12. The zero-order valence-electron chi connectivity index (χ0n) is 23.1. The topological polar surface area (TPSA) is 106 Å². The summed E-state index contributed by atoms with van der Waals surface area (Å²) in [6.07, 6.45) is 1.36. The van der Waals surface area contributed by atoms with Gasteiger partial charge in [0.2, 0.25) is 10.3 Å².